The zero-order valence-corrected chi connectivity index (χ0v) is 19.2. The van der Waals surface area contributed by atoms with Crippen molar-refractivity contribution in [1.29, 1.82) is 0 Å². The number of guanidine groups is 1. The molecule has 2 fully saturated rings. The van der Waals surface area contributed by atoms with Gasteiger partial charge in [-0.25, -0.2) is 9.38 Å². The SMILES string of the molecule is CCNC(=NCc1ccc(N2CCN(CC)CC2)c(F)c1)NC1CCN(C(=O)CC)C1. The van der Waals surface area contributed by atoms with Crippen LogP contribution in [0.3, 0.4) is 0 Å². The molecule has 1 unspecified atom stereocenters. The molecule has 31 heavy (non-hydrogen) atoms. The molecule has 2 heterocycles. The average molecular weight is 433 g/mol. The summed E-state index contributed by atoms with van der Waals surface area (Å²) in [5, 5.41) is 6.68. The molecule has 7 nitrogen and oxygen atoms in total. The highest BCUT2D eigenvalue weighted by Crippen LogP contribution is 2.22. The number of anilines is 1. The fourth-order valence-electron chi connectivity index (χ4n) is 4.22. The molecule has 0 bridgehead atoms. The summed E-state index contributed by atoms with van der Waals surface area (Å²) in [6, 6.07) is 5.64. The number of aliphatic imine (C=N–C) groups is 1. The molecule has 3 rings (SSSR count). The van der Waals surface area contributed by atoms with E-state index in [1.165, 1.54) is 0 Å². The van der Waals surface area contributed by atoms with E-state index in [9.17, 15) is 9.18 Å². The summed E-state index contributed by atoms with van der Waals surface area (Å²) >= 11 is 0. The first-order chi connectivity index (χ1) is 15.0. The molecule has 0 aliphatic carbocycles. The topological polar surface area (TPSA) is 63.2 Å². The van der Waals surface area contributed by atoms with E-state index in [4.69, 9.17) is 0 Å². The highest BCUT2D eigenvalue weighted by molar-refractivity contribution is 5.80. The Bertz CT molecular complexity index is 762. The van der Waals surface area contributed by atoms with E-state index in [2.05, 4.69) is 32.3 Å². The van der Waals surface area contributed by atoms with Gasteiger partial charge in [0.05, 0.1) is 12.2 Å². The van der Waals surface area contributed by atoms with Gasteiger partial charge in [-0.05, 0) is 37.6 Å². The van der Waals surface area contributed by atoms with Crippen LogP contribution in [0.4, 0.5) is 10.1 Å². The van der Waals surface area contributed by atoms with Crippen molar-refractivity contribution < 1.29 is 9.18 Å². The second kappa shape index (κ2) is 11.3. The summed E-state index contributed by atoms with van der Waals surface area (Å²) in [7, 11) is 0. The Kier molecular flexibility index (Phi) is 8.51. The van der Waals surface area contributed by atoms with Crippen molar-refractivity contribution in [3.8, 4) is 0 Å². The van der Waals surface area contributed by atoms with Crippen LogP contribution in [0.1, 0.15) is 39.2 Å². The first-order valence-electron chi connectivity index (χ1n) is 11.6. The number of benzene rings is 1. The fourth-order valence-corrected chi connectivity index (χ4v) is 4.22. The Morgan fingerprint density at radius 2 is 1.94 bits per heavy atom. The van der Waals surface area contributed by atoms with Crippen molar-refractivity contribution in [3.63, 3.8) is 0 Å². The molecule has 172 valence electrons. The Labute approximate surface area is 185 Å². The summed E-state index contributed by atoms with van der Waals surface area (Å²) in [6.45, 7) is 13.4. The largest absolute Gasteiger partial charge is 0.367 e. The molecule has 0 spiro atoms. The minimum Gasteiger partial charge on any atom is -0.367 e. The molecule has 2 aliphatic rings. The number of hydrogen-bond acceptors (Lipinski definition) is 4. The van der Waals surface area contributed by atoms with Crippen LogP contribution in [0.2, 0.25) is 0 Å². The number of hydrogen-bond donors (Lipinski definition) is 2. The molecule has 2 N–H and O–H groups in total. The summed E-state index contributed by atoms with van der Waals surface area (Å²) in [4.78, 5) is 23.0. The number of nitrogens with zero attached hydrogens (tertiary/aromatic N) is 4. The van der Waals surface area contributed by atoms with Crippen LogP contribution in [0.15, 0.2) is 23.2 Å². The molecular weight excluding hydrogens is 395 g/mol. The molecule has 1 aromatic rings. The Hall–Kier alpha value is -2.35. The van der Waals surface area contributed by atoms with Crippen LogP contribution in [-0.2, 0) is 11.3 Å². The lowest BCUT2D eigenvalue weighted by molar-refractivity contribution is -0.129. The summed E-state index contributed by atoms with van der Waals surface area (Å²) in [5.41, 5.74) is 1.53. The van der Waals surface area contributed by atoms with E-state index in [0.29, 0.717) is 31.2 Å². The third-order valence-electron chi connectivity index (χ3n) is 6.12. The lowest BCUT2D eigenvalue weighted by Gasteiger charge is -2.35. The maximum absolute atomic E-state index is 14.8. The quantitative estimate of drug-likeness (QED) is 0.510. The van der Waals surface area contributed by atoms with E-state index in [1.807, 2.05) is 30.9 Å². The number of amides is 1. The Balaban J connectivity index is 1.58. The predicted octanol–water partition coefficient (Wildman–Crippen LogP) is 2.03. The molecule has 0 aromatic heterocycles. The molecule has 1 aromatic carbocycles. The van der Waals surface area contributed by atoms with Crippen LogP contribution in [0, 0.1) is 5.82 Å². The molecule has 0 saturated carbocycles. The van der Waals surface area contributed by atoms with Gasteiger partial charge in [-0.1, -0.05) is 19.9 Å². The zero-order chi connectivity index (χ0) is 22.2. The number of nitrogens with one attached hydrogen (secondary N) is 2. The minimum absolute atomic E-state index is 0.180. The second-order valence-corrected chi connectivity index (χ2v) is 8.23. The van der Waals surface area contributed by atoms with Gasteiger partial charge in [0.2, 0.25) is 5.91 Å². The monoisotopic (exact) mass is 432 g/mol. The third kappa shape index (κ3) is 6.32. The van der Waals surface area contributed by atoms with Gasteiger partial charge in [-0.2, -0.15) is 0 Å². The smallest absolute Gasteiger partial charge is 0.222 e. The van der Waals surface area contributed by atoms with Gasteiger partial charge in [0, 0.05) is 58.3 Å². The van der Waals surface area contributed by atoms with Gasteiger partial charge >= 0.3 is 0 Å². The van der Waals surface area contributed by atoms with Crippen LogP contribution in [-0.4, -0.2) is 80.1 Å². The zero-order valence-electron chi connectivity index (χ0n) is 19.2. The standard InChI is InChI=1S/C23H37FN6O/c1-4-22(31)30-10-9-19(17-30)27-23(25-5-2)26-16-18-7-8-21(20(24)15-18)29-13-11-28(6-3)12-14-29/h7-8,15,19H,4-6,9-14,16-17H2,1-3H3,(H2,25,26,27). The van der Waals surface area contributed by atoms with Gasteiger partial charge in [0.1, 0.15) is 5.82 Å². The number of carbonyl (C=O) groups is 1. The van der Waals surface area contributed by atoms with Gasteiger partial charge in [0.15, 0.2) is 5.96 Å². The van der Waals surface area contributed by atoms with Crippen LogP contribution in [0.25, 0.3) is 0 Å². The van der Waals surface area contributed by atoms with E-state index < -0.39 is 0 Å². The highest BCUT2D eigenvalue weighted by atomic mass is 19.1. The van der Waals surface area contributed by atoms with Crippen molar-refractivity contribution in [2.45, 2.75) is 46.2 Å². The normalized spacial score (nSPS) is 20.3. The molecule has 2 aliphatic heterocycles. The lowest BCUT2D eigenvalue weighted by Crippen LogP contribution is -2.46. The number of likely N-dealkylation sites (N-methyl/N-ethyl adjacent to an activating group) is 1. The van der Waals surface area contributed by atoms with E-state index in [1.54, 1.807) is 6.07 Å². The Morgan fingerprint density at radius 3 is 2.58 bits per heavy atom. The molecule has 1 atom stereocenters. The molecule has 1 amide bonds. The van der Waals surface area contributed by atoms with Crippen molar-refractivity contribution in [2.75, 3.05) is 57.3 Å². The number of rotatable bonds is 7. The molecule has 2 saturated heterocycles. The number of likely N-dealkylation sites (tertiary alicyclic amines) is 1. The van der Waals surface area contributed by atoms with E-state index >= 15 is 0 Å². The number of halogens is 1. The summed E-state index contributed by atoms with van der Waals surface area (Å²) in [6.07, 6.45) is 1.45. The Morgan fingerprint density at radius 1 is 1.16 bits per heavy atom. The summed E-state index contributed by atoms with van der Waals surface area (Å²) < 4.78 is 14.8. The minimum atomic E-state index is -0.180. The maximum Gasteiger partial charge on any atom is 0.222 e. The van der Waals surface area contributed by atoms with Crippen molar-refractivity contribution in [3.05, 3.63) is 29.6 Å². The van der Waals surface area contributed by atoms with Gasteiger partial charge in [-0.3, -0.25) is 4.79 Å². The predicted molar refractivity (Wildman–Crippen MR) is 124 cm³/mol. The second-order valence-electron chi connectivity index (χ2n) is 8.23. The summed E-state index contributed by atoms with van der Waals surface area (Å²) in [5.74, 6) is 0.719. The van der Waals surface area contributed by atoms with E-state index in [-0.39, 0.29) is 17.8 Å². The number of piperazine rings is 1. The van der Waals surface area contributed by atoms with Gasteiger partial charge < -0.3 is 25.3 Å². The first kappa shape index (κ1) is 23.3. The van der Waals surface area contributed by atoms with Crippen LogP contribution in [0.5, 0.6) is 0 Å². The van der Waals surface area contributed by atoms with Gasteiger partial charge in [0.25, 0.3) is 0 Å². The lowest BCUT2D eigenvalue weighted by atomic mass is 10.1. The average Bonchev–Trinajstić information content (AvgIpc) is 3.26. The maximum atomic E-state index is 14.8. The van der Waals surface area contributed by atoms with Crippen LogP contribution < -0.4 is 15.5 Å². The van der Waals surface area contributed by atoms with Crippen molar-refractivity contribution in [2.24, 2.45) is 4.99 Å². The molecular formula is C23H37FN6O. The number of carbonyl (C=O) groups excluding carboxylic acids is 1. The molecule has 8 heteroatoms. The highest BCUT2D eigenvalue weighted by Gasteiger charge is 2.25. The van der Waals surface area contributed by atoms with Crippen molar-refractivity contribution in [1.82, 2.24) is 20.4 Å². The van der Waals surface area contributed by atoms with Crippen LogP contribution >= 0.6 is 0 Å². The third-order valence-corrected chi connectivity index (χ3v) is 6.12. The van der Waals surface area contributed by atoms with Gasteiger partial charge in [-0.15, -0.1) is 0 Å². The van der Waals surface area contributed by atoms with E-state index in [0.717, 1.165) is 57.8 Å². The van der Waals surface area contributed by atoms with Crippen molar-refractivity contribution >= 4 is 17.6 Å². The fraction of sp³-hybridized carbons (Fsp3) is 0.652. The molecule has 0 radical (unpaired) electrons. The first-order valence-corrected chi connectivity index (χ1v) is 11.6.